The number of rotatable bonds is 3. The molecule has 1 saturated carbocycles. The summed E-state index contributed by atoms with van der Waals surface area (Å²) in [6, 6.07) is 1.73. The molecule has 1 heterocycles. The number of ether oxygens (including phenoxy) is 1. The van der Waals surface area contributed by atoms with Crippen molar-refractivity contribution in [2.24, 2.45) is 0 Å². The molecule has 1 aliphatic rings. The molecule has 0 bridgehead atoms. The number of aromatic amines is 1. The second-order valence-electron chi connectivity index (χ2n) is 3.75. The molecule has 0 aliphatic heterocycles. The van der Waals surface area contributed by atoms with E-state index in [-0.39, 0.29) is 17.7 Å². The number of nitrogens with one attached hydrogen (secondary N) is 2. The Balaban J connectivity index is 2.05. The number of hydrogen-bond acceptors (Lipinski definition) is 4. The molecule has 1 aliphatic carbocycles. The predicted octanol–water partition coefficient (Wildman–Crippen LogP) is 0.749. The van der Waals surface area contributed by atoms with Crippen LogP contribution in [0.15, 0.2) is 17.2 Å². The first-order chi connectivity index (χ1) is 7.29. The van der Waals surface area contributed by atoms with Gasteiger partial charge in [0.15, 0.2) is 0 Å². The van der Waals surface area contributed by atoms with Crippen LogP contribution in [0.1, 0.15) is 19.3 Å². The number of H-pyrrole nitrogens is 1. The minimum absolute atomic E-state index is 0.139. The lowest BCUT2D eigenvalue weighted by Crippen LogP contribution is -2.30. The van der Waals surface area contributed by atoms with Crippen LogP contribution in [0.4, 0.5) is 5.82 Å². The van der Waals surface area contributed by atoms with Crippen molar-refractivity contribution in [1.82, 2.24) is 9.97 Å². The van der Waals surface area contributed by atoms with Crippen molar-refractivity contribution in [3.63, 3.8) is 0 Å². The van der Waals surface area contributed by atoms with Crippen molar-refractivity contribution in [2.75, 3.05) is 12.4 Å². The van der Waals surface area contributed by atoms with E-state index in [1.807, 2.05) is 0 Å². The summed E-state index contributed by atoms with van der Waals surface area (Å²) in [4.78, 5) is 17.6. The predicted molar refractivity (Wildman–Crippen MR) is 56.9 cm³/mol. The monoisotopic (exact) mass is 209 g/mol. The van der Waals surface area contributed by atoms with Gasteiger partial charge in [-0.15, -0.1) is 0 Å². The smallest absolute Gasteiger partial charge is 0.252 e. The van der Waals surface area contributed by atoms with Gasteiger partial charge in [-0.1, -0.05) is 0 Å². The zero-order valence-electron chi connectivity index (χ0n) is 8.69. The van der Waals surface area contributed by atoms with Crippen LogP contribution in [-0.4, -0.2) is 29.2 Å². The first-order valence-electron chi connectivity index (χ1n) is 5.13. The lowest BCUT2D eigenvalue weighted by Gasteiger charge is -2.19. The number of nitrogens with zero attached hydrogens (tertiary/aromatic N) is 1. The molecule has 0 saturated heterocycles. The summed E-state index contributed by atoms with van der Waals surface area (Å²) in [6.07, 6.45) is 4.91. The molecule has 0 radical (unpaired) electrons. The number of aromatic nitrogens is 2. The standard InChI is InChI=1S/C10H15N3O2/c1-15-8-4-2-3-7(8)13-9-5-10(14)12-6-11-9/h5-8H,2-4H2,1H3,(H2,11,12,13,14). The van der Waals surface area contributed by atoms with Crippen LogP contribution < -0.4 is 10.9 Å². The Hall–Kier alpha value is -1.36. The summed E-state index contributed by atoms with van der Waals surface area (Å²) >= 11 is 0. The Kier molecular flexibility index (Phi) is 3.01. The molecule has 2 N–H and O–H groups in total. The lowest BCUT2D eigenvalue weighted by atomic mass is 10.2. The van der Waals surface area contributed by atoms with Gasteiger partial charge in [0.2, 0.25) is 0 Å². The molecule has 0 amide bonds. The summed E-state index contributed by atoms with van der Waals surface area (Å²) in [5.74, 6) is 0.618. The average Bonchev–Trinajstić information content (AvgIpc) is 2.65. The van der Waals surface area contributed by atoms with Gasteiger partial charge < -0.3 is 15.0 Å². The molecule has 0 aromatic carbocycles. The van der Waals surface area contributed by atoms with Gasteiger partial charge in [0.1, 0.15) is 5.82 Å². The highest BCUT2D eigenvalue weighted by atomic mass is 16.5. The number of anilines is 1. The molecule has 15 heavy (non-hydrogen) atoms. The van der Waals surface area contributed by atoms with E-state index in [4.69, 9.17) is 4.74 Å². The first-order valence-corrected chi connectivity index (χ1v) is 5.13. The van der Waals surface area contributed by atoms with Crippen molar-refractivity contribution in [3.05, 3.63) is 22.7 Å². The second kappa shape index (κ2) is 4.44. The number of methoxy groups -OCH3 is 1. The van der Waals surface area contributed by atoms with E-state index in [2.05, 4.69) is 15.3 Å². The maximum Gasteiger partial charge on any atom is 0.252 e. The van der Waals surface area contributed by atoms with Crippen molar-refractivity contribution in [2.45, 2.75) is 31.4 Å². The Morgan fingerprint density at radius 3 is 3.20 bits per heavy atom. The Morgan fingerprint density at radius 2 is 2.47 bits per heavy atom. The fourth-order valence-electron chi connectivity index (χ4n) is 2.01. The molecule has 0 spiro atoms. The molecule has 1 aromatic heterocycles. The van der Waals surface area contributed by atoms with Gasteiger partial charge in [0.25, 0.3) is 5.56 Å². The van der Waals surface area contributed by atoms with E-state index in [1.54, 1.807) is 7.11 Å². The van der Waals surface area contributed by atoms with Crippen molar-refractivity contribution in [1.29, 1.82) is 0 Å². The van der Waals surface area contributed by atoms with E-state index >= 15 is 0 Å². The van der Waals surface area contributed by atoms with Gasteiger partial charge in [-0.25, -0.2) is 4.98 Å². The van der Waals surface area contributed by atoms with E-state index in [0.29, 0.717) is 5.82 Å². The molecule has 1 aromatic rings. The molecule has 2 unspecified atom stereocenters. The largest absolute Gasteiger partial charge is 0.379 e. The van der Waals surface area contributed by atoms with E-state index in [1.165, 1.54) is 12.4 Å². The Bertz CT molecular complexity index is 377. The molecule has 82 valence electrons. The third-order valence-corrected chi connectivity index (χ3v) is 2.77. The highest BCUT2D eigenvalue weighted by molar-refractivity contribution is 5.33. The highest BCUT2D eigenvalue weighted by Gasteiger charge is 2.27. The Morgan fingerprint density at radius 1 is 1.60 bits per heavy atom. The average molecular weight is 209 g/mol. The first kappa shape index (κ1) is 10.2. The fraction of sp³-hybridized carbons (Fsp3) is 0.600. The minimum atomic E-state index is -0.139. The van der Waals surface area contributed by atoms with E-state index in [9.17, 15) is 4.79 Å². The fourth-order valence-corrected chi connectivity index (χ4v) is 2.01. The molecular weight excluding hydrogens is 194 g/mol. The summed E-state index contributed by atoms with van der Waals surface area (Å²) < 4.78 is 5.35. The Labute approximate surface area is 87.9 Å². The molecule has 1 fully saturated rings. The molecule has 5 nitrogen and oxygen atoms in total. The summed E-state index contributed by atoms with van der Waals surface area (Å²) in [5, 5.41) is 3.23. The van der Waals surface area contributed by atoms with Gasteiger partial charge in [-0.05, 0) is 19.3 Å². The van der Waals surface area contributed by atoms with Gasteiger partial charge in [-0.3, -0.25) is 4.79 Å². The molecule has 2 rings (SSSR count). The SMILES string of the molecule is COC1CCCC1Nc1cc(=O)[nH]cn1. The summed E-state index contributed by atoms with van der Waals surface area (Å²) in [6.45, 7) is 0. The van der Waals surface area contributed by atoms with E-state index < -0.39 is 0 Å². The summed E-state index contributed by atoms with van der Waals surface area (Å²) in [5.41, 5.74) is -0.139. The molecular formula is C10H15N3O2. The third kappa shape index (κ3) is 2.36. The zero-order valence-corrected chi connectivity index (χ0v) is 8.69. The van der Waals surface area contributed by atoms with Gasteiger partial charge in [0, 0.05) is 13.2 Å². The van der Waals surface area contributed by atoms with Crippen LogP contribution >= 0.6 is 0 Å². The van der Waals surface area contributed by atoms with Crippen LogP contribution in [0.25, 0.3) is 0 Å². The van der Waals surface area contributed by atoms with Crippen LogP contribution in [0.3, 0.4) is 0 Å². The zero-order chi connectivity index (χ0) is 10.7. The van der Waals surface area contributed by atoms with Crippen LogP contribution in [0.2, 0.25) is 0 Å². The van der Waals surface area contributed by atoms with Crippen LogP contribution in [0, 0.1) is 0 Å². The van der Waals surface area contributed by atoms with Gasteiger partial charge >= 0.3 is 0 Å². The van der Waals surface area contributed by atoms with Gasteiger partial charge in [0.05, 0.1) is 18.5 Å². The normalized spacial score (nSPS) is 25.4. The van der Waals surface area contributed by atoms with Crippen molar-refractivity contribution >= 4 is 5.82 Å². The van der Waals surface area contributed by atoms with Crippen LogP contribution in [0.5, 0.6) is 0 Å². The maximum atomic E-state index is 11.0. The minimum Gasteiger partial charge on any atom is -0.379 e. The van der Waals surface area contributed by atoms with E-state index in [0.717, 1.165) is 19.3 Å². The maximum absolute atomic E-state index is 11.0. The van der Waals surface area contributed by atoms with Crippen molar-refractivity contribution < 1.29 is 4.74 Å². The van der Waals surface area contributed by atoms with Crippen LogP contribution in [-0.2, 0) is 4.74 Å². The quantitative estimate of drug-likeness (QED) is 0.770. The summed E-state index contributed by atoms with van der Waals surface area (Å²) in [7, 11) is 1.72. The topological polar surface area (TPSA) is 67.0 Å². The molecule has 5 heteroatoms. The molecule has 2 atom stereocenters. The van der Waals surface area contributed by atoms with Crippen molar-refractivity contribution in [3.8, 4) is 0 Å². The lowest BCUT2D eigenvalue weighted by molar-refractivity contribution is 0.101. The highest BCUT2D eigenvalue weighted by Crippen LogP contribution is 2.23. The van der Waals surface area contributed by atoms with Gasteiger partial charge in [-0.2, -0.15) is 0 Å². The number of hydrogen-bond donors (Lipinski definition) is 2. The second-order valence-corrected chi connectivity index (χ2v) is 3.75. The third-order valence-electron chi connectivity index (χ3n) is 2.77.